The Kier molecular flexibility index (Phi) is 8.88. The van der Waals surface area contributed by atoms with E-state index in [-0.39, 0.29) is 17.5 Å². The van der Waals surface area contributed by atoms with Gasteiger partial charge in [0.05, 0.1) is 5.56 Å². The second-order valence-electron chi connectivity index (χ2n) is 6.92. The van der Waals surface area contributed by atoms with Crippen molar-refractivity contribution in [1.29, 1.82) is 0 Å². The van der Waals surface area contributed by atoms with Crippen molar-refractivity contribution in [3.8, 4) is 11.8 Å². The molecule has 28 heavy (non-hydrogen) atoms. The molecule has 0 saturated heterocycles. The van der Waals surface area contributed by atoms with Gasteiger partial charge in [0, 0.05) is 17.5 Å². The summed E-state index contributed by atoms with van der Waals surface area (Å²) < 4.78 is 42.1. The van der Waals surface area contributed by atoms with E-state index < -0.39 is 17.5 Å². The predicted octanol–water partition coefficient (Wildman–Crippen LogP) is 7.76. The highest BCUT2D eigenvalue weighted by atomic mass is 19.2. The van der Waals surface area contributed by atoms with Crippen LogP contribution in [0.25, 0.3) is 5.83 Å². The van der Waals surface area contributed by atoms with Crippen LogP contribution in [0.4, 0.5) is 13.2 Å². The zero-order valence-electron chi connectivity index (χ0n) is 16.6. The lowest BCUT2D eigenvalue weighted by Gasteiger charge is -2.03. The molecule has 0 aliphatic rings. The average Bonchev–Trinajstić information content (AvgIpc) is 2.71. The third kappa shape index (κ3) is 6.60. The molecule has 0 radical (unpaired) electrons. The summed E-state index contributed by atoms with van der Waals surface area (Å²) in [6.07, 6.45) is 5.98. The van der Waals surface area contributed by atoms with Crippen LogP contribution in [0, 0.1) is 17.7 Å². The predicted molar refractivity (Wildman–Crippen MR) is 111 cm³/mol. The lowest BCUT2D eigenvalue weighted by atomic mass is 10.0. The third-order valence-corrected chi connectivity index (χ3v) is 4.57. The number of aryl methyl sites for hydroxylation is 1. The fourth-order valence-corrected chi connectivity index (χ4v) is 2.82. The van der Waals surface area contributed by atoms with Crippen molar-refractivity contribution in [2.24, 2.45) is 0 Å². The summed E-state index contributed by atoms with van der Waals surface area (Å²) in [5.74, 6) is 3.22. The molecule has 0 nitrogen and oxygen atoms in total. The fraction of sp³-hybridized carbons (Fsp3) is 0.360. The molecule has 2 aromatic rings. The molecule has 2 aromatic carbocycles. The molecule has 0 N–H and O–H groups in total. The number of hydrogen-bond acceptors (Lipinski definition) is 0. The number of allylic oxidation sites excluding steroid dienone is 1. The summed E-state index contributed by atoms with van der Waals surface area (Å²) in [7, 11) is 0. The first-order valence-corrected chi connectivity index (χ1v) is 10.00. The van der Waals surface area contributed by atoms with Gasteiger partial charge in [0.15, 0.2) is 5.83 Å². The Morgan fingerprint density at radius 3 is 2.21 bits per heavy atom. The van der Waals surface area contributed by atoms with Gasteiger partial charge in [-0.15, -0.1) is 0 Å². The van der Waals surface area contributed by atoms with Gasteiger partial charge in [0.2, 0.25) is 0 Å². The normalized spacial score (nSPS) is 11.6. The maximum absolute atomic E-state index is 14.3. The number of rotatable bonds is 8. The summed E-state index contributed by atoms with van der Waals surface area (Å²) in [5.41, 5.74) is 2.13. The van der Waals surface area contributed by atoms with Crippen LogP contribution in [0.5, 0.6) is 0 Å². The largest absolute Gasteiger partial charge is 0.209 e. The van der Waals surface area contributed by atoms with Crippen molar-refractivity contribution >= 4 is 5.83 Å². The van der Waals surface area contributed by atoms with Crippen LogP contribution < -0.4 is 0 Å². The van der Waals surface area contributed by atoms with Gasteiger partial charge >= 0.3 is 0 Å². The van der Waals surface area contributed by atoms with Crippen molar-refractivity contribution < 1.29 is 13.2 Å². The highest BCUT2D eigenvalue weighted by Gasteiger charge is 2.11. The molecule has 0 fully saturated rings. The fourth-order valence-electron chi connectivity index (χ4n) is 2.82. The lowest BCUT2D eigenvalue weighted by Crippen LogP contribution is -1.90. The molecule has 0 spiro atoms. The molecule has 2 rings (SSSR count). The molecule has 0 bridgehead atoms. The average molecular weight is 384 g/mol. The first kappa shape index (κ1) is 21.8. The topological polar surface area (TPSA) is 0 Å². The van der Waals surface area contributed by atoms with Crippen LogP contribution in [0.3, 0.4) is 0 Å². The van der Waals surface area contributed by atoms with Gasteiger partial charge < -0.3 is 0 Å². The highest BCUT2D eigenvalue weighted by molar-refractivity contribution is 5.62. The summed E-state index contributed by atoms with van der Waals surface area (Å²) in [6, 6.07) is 11.7. The smallest absolute Gasteiger partial charge is 0.161 e. The molecular weight excluding hydrogens is 357 g/mol. The summed E-state index contributed by atoms with van der Waals surface area (Å²) in [6.45, 7) is 4.08. The van der Waals surface area contributed by atoms with Crippen molar-refractivity contribution in [3.63, 3.8) is 0 Å². The molecule has 0 amide bonds. The second kappa shape index (κ2) is 11.4. The Labute approximate surface area is 166 Å². The van der Waals surface area contributed by atoms with E-state index in [0.29, 0.717) is 6.42 Å². The van der Waals surface area contributed by atoms with E-state index in [1.807, 2.05) is 31.2 Å². The van der Waals surface area contributed by atoms with E-state index in [1.165, 1.54) is 37.0 Å². The minimum atomic E-state index is -0.995. The van der Waals surface area contributed by atoms with Crippen molar-refractivity contribution in [3.05, 3.63) is 76.4 Å². The summed E-state index contributed by atoms with van der Waals surface area (Å²) in [4.78, 5) is 0. The van der Waals surface area contributed by atoms with Crippen molar-refractivity contribution in [2.75, 3.05) is 0 Å². The van der Waals surface area contributed by atoms with E-state index in [2.05, 4.69) is 18.8 Å². The van der Waals surface area contributed by atoms with Gasteiger partial charge in [-0.25, -0.2) is 13.2 Å². The van der Waals surface area contributed by atoms with Crippen LogP contribution in [0.15, 0.2) is 48.3 Å². The highest BCUT2D eigenvalue weighted by Crippen LogP contribution is 2.26. The Morgan fingerprint density at radius 2 is 1.57 bits per heavy atom. The second-order valence-corrected chi connectivity index (χ2v) is 6.92. The van der Waals surface area contributed by atoms with Crippen LogP contribution in [-0.4, -0.2) is 0 Å². The van der Waals surface area contributed by atoms with Crippen LogP contribution in [-0.2, 0) is 6.42 Å². The van der Waals surface area contributed by atoms with Crippen LogP contribution in [0.1, 0.15) is 74.6 Å². The van der Waals surface area contributed by atoms with Gasteiger partial charge in [-0.2, -0.15) is 0 Å². The lowest BCUT2D eigenvalue weighted by molar-refractivity contribution is 0.548. The molecule has 0 aliphatic carbocycles. The third-order valence-electron chi connectivity index (χ3n) is 4.57. The number of hydrogen-bond donors (Lipinski definition) is 0. The number of benzene rings is 2. The minimum Gasteiger partial charge on any atom is -0.209 e. The molecule has 148 valence electrons. The molecule has 0 unspecified atom stereocenters. The molecule has 0 aromatic heterocycles. The van der Waals surface area contributed by atoms with Crippen LogP contribution in [0.2, 0.25) is 0 Å². The quantitative estimate of drug-likeness (QED) is 0.322. The van der Waals surface area contributed by atoms with Gasteiger partial charge in [-0.05, 0) is 49.1 Å². The maximum atomic E-state index is 14.3. The zero-order valence-corrected chi connectivity index (χ0v) is 16.6. The Bertz CT molecular complexity index is 852. The van der Waals surface area contributed by atoms with Crippen molar-refractivity contribution in [1.82, 2.24) is 0 Å². The maximum Gasteiger partial charge on any atom is 0.161 e. The van der Waals surface area contributed by atoms with Gasteiger partial charge in [0.25, 0.3) is 0 Å². The van der Waals surface area contributed by atoms with Gasteiger partial charge in [-0.3, -0.25) is 0 Å². The molecule has 0 heterocycles. The van der Waals surface area contributed by atoms with Gasteiger partial charge in [-0.1, -0.05) is 63.1 Å². The monoisotopic (exact) mass is 384 g/mol. The summed E-state index contributed by atoms with van der Waals surface area (Å²) >= 11 is 0. The van der Waals surface area contributed by atoms with E-state index in [0.717, 1.165) is 24.5 Å². The van der Waals surface area contributed by atoms with Gasteiger partial charge in [0.1, 0.15) is 11.6 Å². The number of unbranched alkanes of at least 4 members (excludes halogenated alkanes) is 3. The van der Waals surface area contributed by atoms with Crippen LogP contribution >= 0.6 is 0 Å². The zero-order chi connectivity index (χ0) is 20.4. The molecular formula is C25H27F3. The molecule has 0 aliphatic heterocycles. The minimum absolute atomic E-state index is 0.0277. The Hall–Kier alpha value is -2.47. The molecule has 3 heteroatoms. The Morgan fingerprint density at radius 1 is 0.857 bits per heavy atom. The SMILES string of the molecule is CCCCCc1ccc(C#Cc2ccc(C(F)=C(F)CCCC)cc2F)cc1. The van der Waals surface area contributed by atoms with E-state index in [4.69, 9.17) is 0 Å². The standard InChI is InChI=1S/C25H27F3/c1-3-5-7-8-19-10-12-20(13-11-19)14-15-21-16-17-22(18-24(21)27)25(28)23(26)9-6-4-2/h10-13,16-18H,3-9H2,1-2H3. The van der Waals surface area contributed by atoms with Crippen molar-refractivity contribution in [2.45, 2.75) is 58.8 Å². The molecule has 0 atom stereocenters. The number of halogens is 3. The Balaban J connectivity index is 2.10. The van der Waals surface area contributed by atoms with E-state index >= 15 is 0 Å². The van der Waals surface area contributed by atoms with E-state index in [9.17, 15) is 13.2 Å². The summed E-state index contributed by atoms with van der Waals surface area (Å²) in [5, 5.41) is 0. The molecule has 0 saturated carbocycles. The first-order valence-electron chi connectivity index (χ1n) is 10.00. The first-order chi connectivity index (χ1) is 13.5. The van der Waals surface area contributed by atoms with E-state index in [1.54, 1.807) is 0 Å².